The first kappa shape index (κ1) is 13.9. The van der Waals surface area contributed by atoms with Crippen LogP contribution in [0, 0.1) is 12.3 Å². The molecule has 4 heteroatoms. The van der Waals surface area contributed by atoms with Crippen molar-refractivity contribution >= 4 is 11.5 Å². The van der Waals surface area contributed by atoms with E-state index in [4.69, 9.17) is 16.2 Å². The van der Waals surface area contributed by atoms with Crippen molar-refractivity contribution in [3.63, 3.8) is 0 Å². The fraction of sp³-hybridized carbons (Fsp3) is 0.533. The summed E-state index contributed by atoms with van der Waals surface area (Å²) in [7, 11) is 0. The number of benzene rings is 1. The number of anilines is 1. The standard InChI is InChI=1S/C15H23N3O/c1-11-5-2-8-13(15(16)17)14(11)18(9-4-10-19)12-6-3-7-12/h2,5,8,12,19H,3-4,6-7,9-10H2,1H3,(H3,16,17). The number of hydrogen-bond donors (Lipinski definition) is 3. The van der Waals surface area contributed by atoms with Gasteiger partial charge in [0.05, 0.1) is 5.69 Å². The van der Waals surface area contributed by atoms with Gasteiger partial charge < -0.3 is 15.7 Å². The van der Waals surface area contributed by atoms with Gasteiger partial charge in [-0.05, 0) is 44.2 Å². The fourth-order valence-corrected chi connectivity index (χ4v) is 2.67. The summed E-state index contributed by atoms with van der Waals surface area (Å²) < 4.78 is 0. The Hall–Kier alpha value is -1.55. The number of rotatable bonds is 6. The average molecular weight is 261 g/mol. The number of aliphatic hydroxyl groups excluding tert-OH is 1. The summed E-state index contributed by atoms with van der Waals surface area (Å²) in [6.07, 6.45) is 4.40. The first-order valence-electron chi connectivity index (χ1n) is 6.96. The van der Waals surface area contributed by atoms with Gasteiger partial charge in [0, 0.05) is 24.8 Å². The number of hydrogen-bond acceptors (Lipinski definition) is 3. The van der Waals surface area contributed by atoms with E-state index in [2.05, 4.69) is 17.9 Å². The smallest absolute Gasteiger partial charge is 0.124 e. The summed E-state index contributed by atoms with van der Waals surface area (Å²) in [5, 5.41) is 16.8. The van der Waals surface area contributed by atoms with Gasteiger partial charge in [0.25, 0.3) is 0 Å². The van der Waals surface area contributed by atoms with E-state index in [-0.39, 0.29) is 12.4 Å². The lowest BCUT2D eigenvalue weighted by Gasteiger charge is -2.41. The van der Waals surface area contributed by atoms with Gasteiger partial charge in [0.1, 0.15) is 5.84 Å². The highest BCUT2D eigenvalue weighted by molar-refractivity contribution is 6.01. The zero-order valence-corrected chi connectivity index (χ0v) is 11.5. The highest BCUT2D eigenvalue weighted by Gasteiger charge is 2.27. The third kappa shape index (κ3) is 2.89. The summed E-state index contributed by atoms with van der Waals surface area (Å²) in [5.41, 5.74) is 8.75. The molecule has 19 heavy (non-hydrogen) atoms. The van der Waals surface area contributed by atoms with E-state index < -0.39 is 0 Å². The van der Waals surface area contributed by atoms with Crippen LogP contribution in [0.3, 0.4) is 0 Å². The van der Waals surface area contributed by atoms with Crippen LogP contribution in [-0.4, -0.2) is 30.1 Å². The molecule has 1 aromatic carbocycles. The van der Waals surface area contributed by atoms with Crippen LogP contribution in [0.25, 0.3) is 0 Å². The predicted octanol–water partition coefficient (Wildman–Crippen LogP) is 2.02. The Morgan fingerprint density at radius 3 is 2.74 bits per heavy atom. The van der Waals surface area contributed by atoms with Crippen LogP contribution in [0.5, 0.6) is 0 Å². The van der Waals surface area contributed by atoms with E-state index in [1.54, 1.807) is 0 Å². The third-order valence-corrected chi connectivity index (χ3v) is 3.89. The molecule has 4 N–H and O–H groups in total. The molecule has 4 nitrogen and oxygen atoms in total. The second kappa shape index (κ2) is 6.06. The number of nitrogens with one attached hydrogen (secondary N) is 1. The van der Waals surface area contributed by atoms with Crippen LogP contribution in [0.15, 0.2) is 18.2 Å². The molecule has 104 valence electrons. The van der Waals surface area contributed by atoms with Gasteiger partial charge in [-0.3, -0.25) is 5.41 Å². The first-order chi connectivity index (χ1) is 9.15. The summed E-state index contributed by atoms with van der Waals surface area (Å²) >= 11 is 0. The van der Waals surface area contributed by atoms with Crippen LogP contribution in [0.2, 0.25) is 0 Å². The Kier molecular flexibility index (Phi) is 4.43. The van der Waals surface area contributed by atoms with Crippen LogP contribution >= 0.6 is 0 Å². The summed E-state index contributed by atoms with van der Waals surface area (Å²) in [6.45, 7) is 3.09. The summed E-state index contributed by atoms with van der Waals surface area (Å²) in [6, 6.07) is 6.45. The van der Waals surface area contributed by atoms with Crippen LogP contribution < -0.4 is 10.6 Å². The average Bonchev–Trinajstić information content (AvgIpc) is 2.32. The van der Waals surface area contributed by atoms with Gasteiger partial charge in [0.2, 0.25) is 0 Å². The molecule has 1 fully saturated rings. The van der Waals surface area contributed by atoms with Crippen molar-refractivity contribution in [3.8, 4) is 0 Å². The maximum Gasteiger partial charge on any atom is 0.124 e. The Labute approximate surface area is 114 Å². The van der Waals surface area contributed by atoms with Crippen LogP contribution in [0.4, 0.5) is 5.69 Å². The van der Waals surface area contributed by atoms with Crippen molar-refractivity contribution in [1.82, 2.24) is 0 Å². The van der Waals surface area contributed by atoms with Crippen molar-refractivity contribution in [2.75, 3.05) is 18.1 Å². The first-order valence-corrected chi connectivity index (χ1v) is 6.96. The molecule has 0 amide bonds. The fourth-order valence-electron chi connectivity index (χ4n) is 2.67. The normalized spacial score (nSPS) is 15.1. The van der Waals surface area contributed by atoms with Crippen molar-refractivity contribution in [3.05, 3.63) is 29.3 Å². The lowest BCUT2D eigenvalue weighted by atomic mass is 9.89. The molecule has 2 rings (SSSR count). The Bertz CT molecular complexity index is 455. The Morgan fingerprint density at radius 1 is 1.47 bits per heavy atom. The quantitative estimate of drug-likeness (QED) is 0.542. The van der Waals surface area contributed by atoms with Crippen molar-refractivity contribution in [2.45, 2.75) is 38.6 Å². The molecule has 1 aliphatic carbocycles. The van der Waals surface area contributed by atoms with E-state index in [1.807, 2.05) is 12.1 Å². The maximum atomic E-state index is 9.09. The molecule has 0 radical (unpaired) electrons. The third-order valence-electron chi connectivity index (χ3n) is 3.89. The van der Waals surface area contributed by atoms with Gasteiger partial charge in [-0.15, -0.1) is 0 Å². The van der Waals surface area contributed by atoms with Crippen LogP contribution in [-0.2, 0) is 0 Å². The summed E-state index contributed by atoms with van der Waals surface area (Å²) in [4.78, 5) is 2.34. The number of aliphatic hydroxyl groups is 1. The Balaban J connectivity index is 2.36. The van der Waals surface area contributed by atoms with Crippen molar-refractivity contribution < 1.29 is 5.11 Å². The summed E-state index contributed by atoms with van der Waals surface area (Å²) in [5.74, 6) is 0.118. The van der Waals surface area contributed by atoms with Gasteiger partial charge in [-0.25, -0.2) is 0 Å². The molecular formula is C15H23N3O. The van der Waals surface area contributed by atoms with E-state index in [0.29, 0.717) is 6.04 Å². The maximum absolute atomic E-state index is 9.09. The van der Waals surface area contributed by atoms with Crippen molar-refractivity contribution in [2.24, 2.45) is 5.73 Å². The lowest BCUT2D eigenvalue weighted by Crippen LogP contribution is -2.42. The molecule has 0 aliphatic heterocycles. The van der Waals surface area contributed by atoms with E-state index in [9.17, 15) is 0 Å². The molecule has 1 aromatic rings. The van der Waals surface area contributed by atoms with Gasteiger partial charge >= 0.3 is 0 Å². The minimum atomic E-state index is 0.118. The molecular weight excluding hydrogens is 238 g/mol. The Morgan fingerprint density at radius 2 is 2.21 bits per heavy atom. The minimum absolute atomic E-state index is 0.118. The molecule has 0 aromatic heterocycles. The number of nitrogens with two attached hydrogens (primary N) is 1. The zero-order chi connectivity index (χ0) is 13.8. The van der Waals surface area contributed by atoms with E-state index in [1.165, 1.54) is 19.3 Å². The molecule has 1 aliphatic rings. The topological polar surface area (TPSA) is 73.3 Å². The molecule has 0 bridgehead atoms. The van der Waals surface area contributed by atoms with Crippen molar-refractivity contribution in [1.29, 1.82) is 5.41 Å². The number of amidine groups is 1. The van der Waals surface area contributed by atoms with E-state index >= 15 is 0 Å². The van der Waals surface area contributed by atoms with Gasteiger partial charge in [-0.2, -0.15) is 0 Å². The molecule has 0 heterocycles. The second-order valence-electron chi connectivity index (χ2n) is 5.24. The molecule has 1 saturated carbocycles. The number of nitrogen functional groups attached to an aromatic ring is 1. The molecule has 0 saturated heterocycles. The molecule has 0 spiro atoms. The second-order valence-corrected chi connectivity index (χ2v) is 5.24. The largest absolute Gasteiger partial charge is 0.396 e. The van der Waals surface area contributed by atoms with Gasteiger partial charge in [-0.1, -0.05) is 12.1 Å². The highest BCUT2D eigenvalue weighted by atomic mass is 16.3. The number of nitrogens with zero attached hydrogens (tertiary/aromatic N) is 1. The monoisotopic (exact) mass is 261 g/mol. The minimum Gasteiger partial charge on any atom is -0.396 e. The number of para-hydroxylation sites is 1. The van der Waals surface area contributed by atoms with Gasteiger partial charge in [0.15, 0.2) is 0 Å². The zero-order valence-electron chi connectivity index (χ0n) is 11.5. The molecule has 0 atom stereocenters. The SMILES string of the molecule is Cc1cccc(C(=N)N)c1N(CCCO)C1CCC1. The van der Waals surface area contributed by atoms with E-state index in [0.717, 1.165) is 29.8 Å². The lowest BCUT2D eigenvalue weighted by molar-refractivity contribution is 0.283. The molecule has 0 unspecified atom stereocenters. The highest BCUT2D eigenvalue weighted by Crippen LogP contribution is 2.33. The number of aryl methyl sites for hydroxylation is 1. The van der Waals surface area contributed by atoms with Crippen LogP contribution in [0.1, 0.15) is 36.8 Å². The predicted molar refractivity (Wildman–Crippen MR) is 78.9 cm³/mol.